The van der Waals surface area contributed by atoms with Crippen molar-refractivity contribution in [1.82, 2.24) is 0 Å². The van der Waals surface area contributed by atoms with Crippen molar-refractivity contribution in [3.05, 3.63) is 70.5 Å². The Kier molecular flexibility index (Phi) is 3.39. The lowest BCUT2D eigenvalue weighted by Gasteiger charge is -2.14. The lowest BCUT2D eigenvalue weighted by atomic mass is 9.97. The van der Waals surface area contributed by atoms with Crippen LogP contribution in [-0.2, 0) is 0 Å². The predicted octanol–water partition coefficient (Wildman–Crippen LogP) is 3.46. The van der Waals surface area contributed by atoms with Crippen LogP contribution >= 0.6 is 0 Å². The van der Waals surface area contributed by atoms with E-state index >= 15 is 0 Å². The molecule has 0 fully saturated rings. The highest BCUT2D eigenvalue weighted by atomic mass is 19.1. The van der Waals surface area contributed by atoms with Crippen LogP contribution in [0.1, 0.15) is 22.7 Å². The van der Waals surface area contributed by atoms with E-state index in [4.69, 9.17) is 5.73 Å². The van der Waals surface area contributed by atoms with Crippen LogP contribution in [-0.4, -0.2) is 0 Å². The third-order valence-electron chi connectivity index (χ3n) is 2.83. The molecule has 0 amide bonds. The second kappa shape index (κ2) is 4.82. The first-order chi connectivity index (χ1) is 8.49. The Balaban J connectivity index is 2.44. The summed E-state index contributed by atoms with van der Waals surface area (Å²) in [6, 6.07) is 6.56. The van der Waals surface area contributed by atoms with Crippen molar-refractivity contribution in [1.29, 1.82) is 0 Å². The molecule has 0 aliphatic rings. The van der Waals surface area contributed by atoms with Gasteiger partial charge >= 0.3 is 0 Å². The van der Waals surface area contributed by atoms with Gasteiger partial charge in [-0.05, 0) is 42.3 Å². The molecular formula is C14H12F3N. The minimum absolute atomic E-state index is 0.0565. The summed E-state index contributed by atoms with van der Waals surface area (Å²) in [5, 5.41) is 0. The zero-order valence-corrected chi connectivity index (χ0v) is 9.75. The molecule has 1 atom stereocenters. The van der Waals surface area contributed by atoms with Crippen molar-refractivity contribution in [2.24, 2.45) is 5.73 Å². The van der Waals surface area contributed by atoms with Crippen LogP contribution in [0.5, 0.6) is 0 Å². The summed E-state index contributed by atoms with van der Waals surface area (Å²) in [4.78, 5) is 0. The molecule has 2 rings (SSSR count). The average molecular weight is 251 g/mol. The lowest BCUT2D eigenvalue weighted by Crippen LogP contribution is -2.14. The van der Waals surface area contributed by atoms with E-state index in [1.54, 1.807) is 6.92 Å². The maximum absolute atomic E-state index is 13.6. The number of nitrogens with two attached hydrogens (primary N) is 1. The van der Waals surface area contributed by atoms with Crippen molar-refractivity contribution in [2.75, 3.05) is 0 Å². The molecular weight excluding hydrogens is 239 g/mol. The largest absolute Gasteiger partial charge is 0.320 e. The normalized spacial score (nSPS) is 12.5. The van der Waals surface area contributed by atoms with Crippen LogP contribution in [0.4, 0.5) is 13.2 Å². The maximum Gasteiger partial charge on any atom is 0.128 e. The van der Waals surface area contributed by atoms with Gasteiger partial charge in [0.25, 0.3) is 0 Å². The highest BCUT2D eigenvalue weighted by Gasteiger charge is 2.15. The quantitative estimate of drug-likeness (QED) is 0.869. The van der Waals surface area contributed by atoms with E-state index in [9.17, 15) is 13.2 Å². The first kappa shape index (κ1) is 12.6. The molecule has 0 aliphatic carbocycles. The van der Waals surface area contributed by atoms with E-state index in [0.717, 1.165) is 18.2 Å². The molecule has 0 saturated carbocycles. The van der Waals surface area contributed by atoms with Gasteiger partial charge in [-0.3, -0.25) is 0 Å². The number of halogens is 3. The molecule has 2 N–H and O–H groups in total. The summed E-state index contributed by atoms with van der Waals surface area (Å²) < 4.78 is 39.8. The average Bonchev–Trinajstić information content (AvgIpc) is 2.35. The summed E-state index contributed by atoms with van der Waals surface area (Å²) in [5.74, 6) is -1.49. The third-order valence-corrected chi connectivity index (χ3v) is 2.83. The minimum Gasteiger partial charge on any atom is -0.320 e. The van der Waals surface area contributed by atoms with Gasteiger partial charge < -0.3 is 5.73 Å². The van der Waals surface area contributed by atoms with Crippen LogP contribution in [0.15, 0.2) is 36.4 Å². The van der Waals surface area contributed by atoms with Gasteiger partial charge in [0.2, 0.25) is 0 Å². The van der Waals surface area contributed by atoms with Gasteiger partial charge in [-0.1, -0.05) is 12.1 Å². The van der Waals surface area contributed by atoms with Gasteiger partial charge in [-0.15, -0.1) is 0 Å². The molecule has 0 saturated heterocycles. The van der Waals surface area contributed by atoms with E-state index in [1.165, 1.54) is 18.2 Å². The number of benzene rings is 2. The van der Waals surface area contributed by atoms with E-state index in [2.05, 4.69) is 0 Å². The van der Waals surface area contributed by atoms with Gasteiger partial charge in [0.15, 0.2) is 0 Å². The SMILES string of the molecule is Cc1cc(C(N)c2cc(F)ccc2F)ccc1F. The summed E-state index contributed by atoms with van der Waals surface area (Å²) >= 11 is 0. The highest BCUT2D eigenvalue weighted by molar-refractivity contribution is 5.35. The third kappa shape index (κ3) is 2.38. The Morgan fingerprint density at radius 2 is 1.61 bits per heavy atom. The molecule has 0 aromatic heterocycles. The molecule has 0 radical (unpaired) electrons. The summed E-state index contributed by atoms with van der Waals surface area (Å²) in [6.45, 7) is 1.59. The zero-order chi connectivity index (χ0) is 13.3. The van der Waals surface area contributed by atoms with Gasteiger partial charge in [0.05, 0.1) is 6.04 Å². The van der Waals surface area contributed by atoms with Crippen molar-refractivity contribution in [3.63, 3.8) is 0 Å². The Morgan fingerprint density at radius 3 is 2.28 bits per heavy atom. The Morgan fingerprint density at radius 1 is 0.944 bits per heavy atom. The Hall–Kier alpha value is -1.81. The van der Waals surface area contributed by atoms with Gasteiger partial charge in [-0.25, -0.2) is 13.2 Å². The van der Waals surface area contributed by atoms with E-state index in [1.807, 2.05) is 0 Å². The monoisotopic (exact) mass is 251 g/mol. The molecule has 4 heteroatoms. The fourth-order valence-corrected chi connectivity index (χ4v) is 1.79. The number of rotatable bonds is 2. The van der Waals surface area contributed by atoms with E-state index < -0.39 is 17.7 Å². The van der Waals surface area contributed by atoms with Crippen LogP contribution in [0.2, 0.25) is 0 Å². The number of hydrogen-bond acceptors (Lipinski definition) is 1. The van der Waals surface area contributed by atoms with Crippen molar-refractivity contribution < 1.29 is 13.2 Å². The van der Waals surface area contributed by atoms with Crippen molar-refractivity contribution in [3.8, 4) is 0 Å². The molecule has 1 nitrogen and oxygen atoms in total. The first-order valence-corrected chi connectivity index (χ1v) is 5.45. The lowest BCUT2D eigenvalue weighted by molar-refractivity contribution is 0.576. The summed E-state index contributed by atoms with van der Waals surface area (Å²) in [6.07, 6.45) is 0. The second-order valence-corrected chi connectivity index (χ2v) is 4.15. The smallest absolute Gasteiger partial charge is 0.128 e. The van der Waals surface area contributed by atoms with Crippen LogP contribution in [0.25, 0.3) is 0 Å². The molecule has 18 heavy (non-hydrogen) atoms. The fraction of sp³-hybridized carbons (Fsp3) is 0.143. The Bertz CT molecular complexity index is 581. The van der Waals surface area contributed by atoms with Crippen LogP contribution in [0, 0.1) is 24.4 Å². The Labute approximate surface area is 103 Å². The standard InChI is InChI=1S/C14H12F3N/c1-8-6-9(2-4-12(8)16)14(18)11-7-10(15)3-5-13(11)17/h2-7,14H,18H2,1H3. The molecule has 0 heterocycles. The topological polar surface area (TPSA) is 26.0 Å². The molecule has 0 bridgehead atoms. The van der Waals surface area contributed by atoms with E-state index in [0.29, 0.717) is 11.1 Å². The van der Waals surface area contributed by atoms with Crippen molar-refractivity contribution >= 4 is 0 Å². The van der Waals surface area contributed by atoms with Gasteiger partial charge in [0, 0.05) is 5.56 Å². The fourth-order valence-electron chi connectivity index (χ4n) is 1.79. The maximum atomic E-state index is 13.6. The molecule has 94 valence electrons. The minimum atomic E-state index is -0.819. The van der Waals surface area contributed by atoms with Crippen LogP contribution < -0.4 is 5.73 Å². The molecule has 2 aromatic rings. The summed E-state index contributed by atoms with van der Waals surface area (Å²) in [5.41, 5.74) is 6.89. The van der Waals surface area contributed by atoms with Crippen molar-refractivity contribution in [2.45, 2.75) is 13.0 Å². The second-order valence-electron chi connectivity index (χ2n) is 4.15. The number of hydrogen-bond donors (Lipinski definition) is 1. The molecule has 1 unspecified atom stereocenters. The molecule has 0 aliphatic heterocycles. The molecule has 0 spiro atoms. The first-order valence-electron chi connectivity index (χ1n) is 5.45. The highest BCUT2D eigenvalue weighted by Crippen LogP contribution is 2.24. The van der Waals surface area contributed by atoms with E-state index in [-0.39, 0.29) is 11.4 Å². The molecule has 2 aromatic carbocycles. The predicted molar refractivity (Wildman–Crippen MR) is 63.5 cm³/mol. The zero-order valence-electron chi connectivity index (χ0n) is 9.75. The van der Waals surface area contributed by atoms with Gasteiger partial charge in [-0.2, -0.15) is 0 Å². The van der Waals surface area contributed by atoms with Gasteiger partial charge in [0.1, 0.15) is 17.5 Å². The van der Waals surface area contributed by atoms with Crippen LogP contribution in [0.3, 0.4) is 0 Å². The summed E-state index contributed by atoms with van der Waals surface area (Å²) in [7, 11) is 0. The number of aryl methyl sites for hydroxylation is 1.